The molecule has 3 rings (SSSR count). The molecule has 0 aliphatic heterocycles. The van der Waals surface area contributed by atoms with E-state index in [1.807, 2.05) is 65.3 Å². The number of aliphatic carboxylic acids is 1. The van der Waals surface area contributed by atoms with Gasteiger partial charge in [0.15, 0.2) is 5.82 Å². The molecule has 2 aromatic carbocycles. The average Bonchev–Trinajstić information content (AvgIpc) is 2.63. The van der Waals surface area contributed by atoms with Crippen molar-refractivity contribution in [1.82, 2.24) is 9.97 Å². The highest BCUT2D eigenvalue weighted by atomic mass is 31.1. The molecule has 0 saturated carbocycles. The lowest BCUT2D eigenvalue weighted by Crippen LogP contribution is -2.33. The standard InChI is InChI=1S/C18H16N3O2P/c22-18(23)14-21(17-13-19-11-12-20-17)24(15-7-3-1-4-8-15)16-9-5-2-6-10-16/h1-13H,14H2,(H,22,23). The summed E-state index contributed by atoms with van der Waals surface area (Å²) in [6, 6.07) is 19.8. The van der Waals surface area contributed by atoms with Crippen LogP contribution in [0.25, 0.3) is 0 Å². The van der Waals surface area contributed by atoms with E-state index in [1.54, 1.807) is 18.6 Å². The molecule has 0 fully saturated rings. The summed E-state index contributed by atoms with van der Waals surface area (Å²) in [5.41, 5.74) is 0. The van der Waals surface area contributed by atoms with Crippen LogP contribution in [0, 0.1) is 0 Å². The van der Waals surface area contributed by atoms with Gasteiger partial charge in [-0.3, -0.25) is 9.78 Å². The van der Waals surface area contributed by atoms with Crippen LogP contribution in [0.4, 0.5) is 5.82 Å². The minimum absolute atomic E-state index is 0.145. The summed E-state index contributed by atoms with van der Waals surface area (Å²) in [4.78, 5) is 19.9. The molecule has 0 saturated heterocycles. The zero-order chi connectivity index (χ0) is 16.8. The van der Waals surface area contributed by atoms with Gasteiger partial charge in [-0.2, -0.15) is 0 Å². The molecule has 1 heterocycles. The van der Waals surface area contributed by atoms with Gasteiger partial charge < -0.3 is 9.78 Å². The number of rotatable bonds is 6. The topological polar surface area (TPSA) is 66.3 Å². The van der Waals surface area contributed by atoms with Crippen molar-refractivity contribution in [2.24, 2.45) is 0 Å². The Balaban J connectivity index is 2.12. The third-order valence-corrected chi connectivity index (χ3v) is 5.75. The monoisotopic (exact) mass is 337 g/mol. The number of carbonyl (C=O) groups is 1. The Hall–Kier alpha value is -2.78. The maximum atomic E-state index is 11.5. The summed E-state index contributed by atoms with van der Waals surface area (Å²) in [7, 11) is -1.07. The van der Waals surface area contributed by atoms with Gasteiger partial charge in [-0.05, 0) is 0 Å². The largest absolute Gasteiger partial charge is 0.480 e. The Bertz CT molecular complexity index is 746. The van der Waals surface area contributed by atoms with Crippen LogP contribution in [0.1, 0.15) is 0 Å². The highest BCUT2D eigenvalue weighted by Crippen LogP contribution is 2.40. The molecule has 1 aromatic heterocycles. The van der Waals surface area contributed by atoms with Crippen molar-refractivity contribution < 1.29 is 9.90 Å². The summed E-state index contributed by atoms with van der Waals surface area (Å²) >= 11 is 0. The van der Waals surface area contributed by atoms with Gasteiger partial charge in [0.2, 0.25) is 0 Å². The summed E-state index contributed by atoms with van der Waals surface area (Å²) in [5.74, 6) is -0.348. The average molecular weight is 337 g/mol. The fourth-order valence-corrected chi connectivity index (χ4v) is 4.71. The van der Waals surface area contributed by atoms with Crippen molar-refractivity contribution in [3.05, 3.63) is 79.3 Å². The number of hydrogen-bond donors (Lipinski definition) is 1. The molecule has 1 N–H and O–H groups in total. The number of benzene rings is 2. The SMILES string of the molecule is O=C(O)CN(c1cnccn1)P(c1ccccc1)c1ccccc1. The molecule has 0 atom stereocenters. The molecule has 0 radical (unpaired) electrons. The van der Waals surface area contributed by atoms with Gasteiger partial charge in [-0.25, -0.2) is 4.98 Å². The summed E-state index contributed by atoms with van der Waals surface area (Å²) < 4.78 is 1.81. The Kier molecular flexibility index (Phi) is 5.14. The second-order valence-electron chi connectivity index (χ2n) is 5.00. The Morgan fingerprint density at radius 1 is 0.958 bits per heavy atom. The van der Waals surface area contributed by atoms with Crippen molar-refractivity contribution in [3.8, 4) is 0 Å². The fourth-order valence-electron chi connectivity index (χ4n) is 2.37. The van der Waals surface area contributed by atoms with E-state index in [0.717, 1.165) is 10.6 Å². The van der Waals surface area contributed by atoms with Gasteiger partial charge in [0.05, 0.1) is 14.3 Å². The minimum atomic E-state index is -1.07. The molecule has 0 bridgehead atoms. The first-order valence-corrected chi connectivity index (χ1v) is 8.70. The van der Waals surface area contributed by atoms with E-state index < -0.39 is 14.0 Å². The maximum absolute atomic E-state index is 11.5. The lowest BCUT2D eigenvalue weighted by atomic mass is 10.4. The molecule has 0 unspecified atom stereocenters. The third kappa shape index (κ3) is 3.76. The number of nitrogens with zero attached hydrogens (tertiary/aromatic N) is 3. The van der Waals surface area contributed by atoms with Crippen LogP contribution >= 0.6 is 8.07 Å². The predicted molar refractivity (Wildman–Crippen MR) is 96.1 cm³/mol. The van der Waals surface area contributed by atoms with Gasteiger partial charge >= 0.3 is 5.97 Å². The second-order valence-corrected chi connectivity index (χ2v) is 7.14. The normalized spacial score (nSPS) is 10.5. The molecule has 6 heteroatoms. The highest BCUT2D eigenvalue weighted by Gasteiger charge is 2.25. The van der Waals surface area contributed by atoms with Gasteiger partial charge in [0, 0.05) is 23.0 Å². The smallest absolute Gasteiger partial charge is 0.323 e. The van der Waals surface area contributed by atoms with Crippen LogP contribution in [-0.2, 0) is 4.79 Å². The number of anilines is 1. The predicted octanol–water partition coefficient (Wildman–Crippen LogP) is 2.42. The molecule has 24 heavy (non-hydrogen) atoms. The van der Waals surface area contributed by atoms with E-state index in [-0.39, 0.29) is 6.54 Å². The van der Waals surface area contributed by atoms with Gasteiger partial charge in [-0.15, -0.1) is 0 Å². The number of aromatic nitrogens is 2. The van der Waals surface area contributed by atoms with Crippen LogP contribution in [-0.4, -0.2) is 27.6 Å². The molecule has 0 aliphatic rings. The second kappa shape index (κ2) is 7.66. The van der Waals surface area contributed by atoms with E-state index in [2.05, 4.69) is 9.97 Å². The Labute approximate surface area is 141 Å². The van der Waals surface area contributed by atoms with Gasteiger partial charge in [-0.1, -0.05) is 60.7 Å². The number of carboxylic acids is 1. The number of carboxylic acid groups (broad SMARTS) is 1. The molecule has 3 aromatic rings. The van der Waals surface area contributed by atoms with Crippen LogP contribution in [0.5, 0.6) is 0 Å². The van der Waals surface area contributed by atoms with Gasteiger partial charge in [0.25, 0.3) is 0 Å². The summed E-state index contributed by atoms with van der Waals surface area (Å²) in [6.07, 6.45) is 4.76. The minimum Gasteiger partial charge on any atom is -0.480 e. The molecular formula is C18H16N3O2P. The van der Waals surface area contributed by atoms with Crippen molar-refractivity contribution >= 4 is 30.5 Å². The van der Waals surface area contributed by atoms with Crippen molar-refractivity contribution in [2.75, 3.05) is 11.2 Å². The zero-order valence-corrected chi connectivity index (χ0v) is 13.8. The quantitative estimate of drug-likeness (QED) is 0.700. The summed E-state index contributed by atoms with van der Waals surface area (Å²) in [5, 5.41) is 11.5. The van der Waals surface area contributed by atoms with Crippen LogP contribution in [0.2, 0.25) is 0 Å². The van der Waals surface area contributed by atoms with E-state index >= 15 is 0 Å². The molecular weight excluding hydrogens is 321 g/mol. The van der Waals surface area contributed by atoms with Crippen molar-refractivity contribution in [1.29, 1.82) is 0 Å². The molecule has 120 valence electrons. The van der Waals surface area contributed by atoms with Crippen molar-refractivity contribution in [2.45, 2.75) is 0 Å². The molecule has 0 spiro atoms. The summed E-state index contributed by atoms with van der Waals surface area (Å²) in [6.45, 7) is -0.145. The van der Waals surface area contributed by atoms with E-state index in [4.69, 9.17) is 0 Å². The Morgan fingerprint density at radius 2 is 1.54 bits per heavy atom. The fraction of sp³-hybridized carbons (Fsp3) is 0.0556. The zero-order valence-electron chi connectivity index (χ0n) is 12.9. The van der Waals surface area contributed by atoms with Crippen LogP contribution in [0.15, 0.2) is 79.3 Å². The van der Waals surface area contributed by atoms with Crippen LogP contribution in [0.3, 0.4) is 0 Å². The number of hydrogen-bond acceptors (Lipinski definition) is 4. The van der Waals surface area contributed by atoms with Crippen LogP contribution < -0.4 is 15.3 Å². The lowest BCUT2D eigenvalue weighted by molar-refractivity contribution is -0.135. The molecule has 0 aliphatic carbocycles. The first-order chi connectivity index (χ1) is 11.8. The lowest BCUT2D eigenvalue weighted by Gasteiger charge is -2.31. The van der Waals surface area contributed by atoms with E-state index in [9.17, 15) is 9.90 Å². The highest BCUT2D eigenvalue weighted by molar-refractivity contribution is 7.74. The van der Waals surface area contributed by atoms with Gasteiger partial charge in [0.1, 0.15) is 6.54 Å². The molecule has 5 nitrogen and oxygen atoms in total. The maximum Gasteiger partial charge on any atom is 0.323 e. The molecule has 0 amide bonds. The van der Waals surface area contributed by atoms with E-state index in [0.29, 0.717) is 5.82 Å². The third-order valence-electron chi connectivity index (χ3n) is 3.34. The first-order valence-electron chi connectivity index (χ1n) is 7.41. The Morgan fingerprint density at radius 3 is 2.00 bits per heavy atom. The van der Waals surface area contributed by atoms with E-state index in [1.165, 1.54) is 0 Å². The first kappa shape index (κ1) is 16.1. The van der Waals surface area contributed by atoms with Crippen molar-refractivity contribution in [3.63, 3.8) is 0 Å².